The van der Waals surface area contributed by atoms with Gasteiger partial charge in [-0.15, -0.1) is 11.3 Å². The highest BCUT2D eigenvalue weighted by atomic mass is 79.9. The molecule has 0 aliphatic heterocycles. The summed E-state index contributed by atoms with van der Waals surface area (Å²) in [5.74, 6) is 0.0215. The molecule has 0 N–H and O–H groups in total. The van der Waals surface area contributed by atoms with Crippen molar-refractivity contribution < 1.29 is 4.79 Å². The minimum atomic E-state index is 0.0215. The molecule has 19 heavy (non-hydrogen) atoms. The maximum Gasteiger partial charge on any atom is 0.254 e. The van der Waals surface area contributed by atoms with Crippen LogP contribution < -0.4 is 0 Å². The molecule has 0 spiro atoms. The molecule has 1 aromatic heterocycles. The van der Waals surface area contributed by atoms with Crippen LogP contribution in [-0.2, 0) is 6.54 Å². The summed E-state index contributed by atoms with van der Waals surface area (Å²) in [7, 11) is 0. The van der Waals surface area contributed by atoms with Gasteiger partial charge in [0.1, 0.15) is 0 Å². The van der Waals surface area contributed by atoms with Crippen LogP contribution in [0, 0.1) is 0 Å². The van der Waals surface area contributed by atoms with Crippen LogP contribution in [0.4, 0.5) is 0 Å². The van der Waals surface area contributed by atoms with Crippen molar-refractivity contribution in [3.05, 3.63) is 55.6 Å². The van der Waals surface area contributed by atoms with E-state index in [2.05, 4.69) is 15.9 Å². The van der Waals surface area contributed by atoms with Crippen LogP contribution in [0.2, 0.25) is 5.02 Å². The summed E-state index contributed by atoms with van der Waals surface area (Å²) in [4.78, 5) is 15.4. The van der Waals surface area contributed by atoms with E-state index in [0.29, 0.717) is 23.7 Å². The first-order valence-electron chi connectivity index (χ1n) is 5.88. The minimum Gasteiger partial charge on any atom is -0.334 e. The van der Waals surface area contributed by atoms with Gasteiger partial charge in [-0.25, -0.2) is 0 Å². The first-order chi connectivity index (χ1) is 9.11. The summed E-state index contributed by atoms with van der Waals surface area (Å²) < 4.78 is 0.743. The number of rotatable bonds is 4. The number of thiophene rings is 1. The summed E-state index contributed by atoms with van der Waals surface area (Å²) in [5.41, 5.74) is 0.648. The second-order valence-electron chi connectivity index (χ2n) is 4.03. The predicted octanol–water partition coefficient (Wildman–Crippen LogP) is 4.83. The SMILES string of the molecule is CCN(Cc1cccs1)C(=O)c1ccc(Cl)c(Br)c1. The molecule has 0 atom stereocenters. The van der Waals surface area contributed by atoms with E-state index >= 15 is 0 Å². The molecule has 2 rings (SSSR count). The van der Waals surface area contributed by atoms with E-state index in [0.717, 1.165) is 4.47 Å². The topological polar surface area (TPSA) is 20.3 Å². The Morgan fingerprint density at radius 1 is 1.42 bits per heavy atom. The lowest BCUT2D eigenvalue weighted by atomic mass is 10.2. The standard InChI is InChI=1S/C14H13BrClNOS/c1-2-17(9-11-4-3-7-19-11)14(18)10-5-6-13(16)12(15)8-10/h3-8H,2,9H2,1H3. The third-order valence-electron chi connectivity index (χ3n) is 2.76. The van der Waals surface area contributed by atoms with Gasteiger partial charge in [0, 0.05) is 21.5 Å². The zero-order valence-corrected chi connectivity index (χ0v) is 13.6. The van der Waals surface area contributed by atoms with Crippen LogP contribution >= 0.6 is 38.9 Å². The molecule has 0 fully saturated rings. The van der Waals surface area contributed by atoms with E-state index in [1.54, 1.807) is 29.5 Å². The molecule has 0 aliphatic carbocycles. The molecule has 0 unspecified atom stereocenters. The number of carbonyl (C=O) groups excluding carboxylic acids is 1. The Kier molecular flexibility index (Phi) is 5.02. The minimum absolute atomic E-state index is 0.0215. The quantitative estimate of drug-likeness (QED) is 0.767. The van der Waals surface area contributed by atoms with E-state index in [9.17, 15) is 4.79 Å². The van der Waals surface area contributed by atoms with Crippen LogP contribution in [0.1, 0.15) is 22.2 Å². The highest BCUT2D eigenvalue weighted by Crippen LogP contribution is 2.24. The van der Waals surface area contributed by atoms with Crippen molar-refractivity contribution in [2.45, 2.75) is 13.5 Å². The number of amides is 1. The average molecular weight is 359 g/mol. The molecule has 5 heteroatoms. The molecule has 100 valence electrons. The Morgan fingerprint density at radius 3 is 2.79 bits per heavy atom. The fourth-order valence-electron chi connectivity index (χ4n) is 1.73. The van der Waals surface area contributed by atoms with Gasteiger partial charge in [0.2, 0.25) is 0 Å². The van der Waals surface area contributed by atoms with Gasteiger partial charge in [-0.05, 0) is 52.5 Å². The van der Waals surface area contributed by atoms with Crippen LogP contribution in [0.5, 0.6) is 0 Å². The molecule has 0 saturated heterocycles. The fraction of sp³-hybridized carbons (Fsp3) is 0.214. The Balaban J connectivity index is 2.18. The van der Waals surface area contributed by atoms with Crippen LogP contribution in [-0.4, -0.2) is 17.4 Å². The molecule has 0 saturated carbocycles. The van der Waals surface area contributed by atoms with Gasteiger partial charge in [-0.3, -0.25) is 4.79 Å². The van der Waals surface area contributed by atoms with Gasteiger partial charge in [0.15, 0.2) is 0 Å². The maximum atomic E-state index is 12.4. The summed E-state index contributed by atoms with van der Waals surface area (Å²) in [5, 5.41) is 2.63. The van der Waals surface area contributed by atoms with Crippen molar-refractivity contribution in [3.63, 3.8) is 0 Å². The average Bonchev–Trinajstić information content (AvgIpc) is 2.91. The highest BCUT2D eigenvalue weighted by Gasteiger charge is 2.15. The maximum absolute atomic E-state index is 12.4. The largest absolute Gasteiger partial charge is 0.334 e. The second kappa shape index (κ2) is 6.55. The van der Waals surface area contributed by atoms with Gasteiger partial charge in [0.25, 0.3) is 5.91 Å². The van der Waals surface area contributed by atoms with Crippen LogP contribution in [0.25, 0.3) is 0 Å². The van der Waals surface area contributed by atoms with Gasteiger partial charge < -0.3 is 4.90 Å². The number of hydrogen-bond donors (Lipinski definition) is 0. The van der Waals surface area contributed by atoms with E-state index in [1.165, 1.54) is 4.88 Å². The lowest BCUT2D eigenvalue weighted by molar-refractivity contribution is 0.0754. The van der Waals surface area contributed by atoms with Crippen molar-refractivity contribution in [2.24, 2.45) is 0 Å². The monoisotopic (exact) mass is 357 g/mol. The number of benzene rings is 1. The van der Waals surface area contributed by atoms with Crippen molar-refractivity contribution in [1.82, 2.24) is 4.90 Å². The van der Waals surface area contributed by atoms with Crippen molar-refractivity contribution >= 4 is 44.8 Å². The van der Waals surface area contributed by atoms with Gasteiger partial charge in [-0.1, -0.05) is 17.7 Å². The third kappa shape index (κ3) is 3.59. The first kappa shape index (κ1) is 14.6. The van der Waals surface area contributed by atoms with Crippen molar-refractivity contribution in [1.29, 1.82) is 0 Å². The number of carbonyl (C=O) groups is 1. The Bertz CT molecular complexity index is 571. The second-order valence-corrected chi connectivity index (χ2v) is 6.32. The molecule has 0 radical (unpaired) electrons. The number of nitrogens with zero attached hydrogens (tertiary/aromatic N) is 1. The van der Waals surface area contributed by atoms with Crippen LogP contribution in [0.3, 0.4) is 0 Å². The van der Waals surface area contributed by atoms with Crippen LogP contribution in [0.15, 0.2) is 40.2 Å². The molecule has 1 heterocycles. The van der Waals surface area contributed by atoms with E-state index in [1.807, 2.05) is 29.3 Å². The smallest absolute Gasteiger partial charge is 0.254 e. The Labute approximate surface area is 130 Å². The molecule has 0 bridgehead atoms. The van der Waals surface area contributed by atoms with Gasteiger partial charge in [0.05, 0.1) is 11.6 Å². The molecule has 1 aromatic carbocycles. The molecule has 2 nitrogen and oxygen atoms in total. The molecule has 0 aliphatic rings. The van der Waals surface area contributed by atoms with Gasteiger partial charge >= 0.3 is 0 Å². The molecular weight excluding hydrogens is 346 g/mol. The van der Waals surface area contributed by atoms with E-state index in [-0.39, 0.29) is 5.91 Å². The lowest BCUT2D eigenvalue weighted by Gasteiger charge is -2.20. The lowest BCUT2D eigenvalue weighted by Crippen LogP contribution is -2.29. The van der Waals surface area contributed by atoms with Gasteiger partial charge in [-0.2, -0.15) is 0 Å². The zero-order valence-electron chi connectivity index (χ0n) is 10.4. The summed E-state index contributed by atoms with van der Waals surface area (Å²) in [6.07, 6.45) is 0. The fourth-order valence-corrected chi connectivity index (χ4v) is 2.95. The third-order valence-corrected chi connectivity index (χ3v) is 4.84. The molecular formula is C14H13BrClNOS. The molecule has 2 aromatic rings. The van der Waals surface area contributed by atoms with E-state index in [4.69, 9.17) is 11.6 Å². The number of hydrogen-bond acceptors (Lipinski definition) is 2. The summed E-state index contributed by atoms with van der Waals surface area (Å²) in [6.45, 7) is 3.31. The number of halogens is 2. The first-order valence-corrected chi connectivity index (χ1v) is 7.93. The highest BCUT2D eigenvalue weighted by molar-refractivity contribution is 9.10. The normalized spacial score (nSPS) is 10.5. The van der Waals surface area contributed by atoms with Crippen molar-refractivity contribution in [3.8, 4) is 0 Å². The van der Waals surface area contributed by atoms with Crippen molar-refractivity contribution in [2.75, 3.05) is 6.54 Å². The Morgan fingerprint density at radius 2 is 2.21 bits per heavy atom. The Hall–Kier alpha value is -0.840. The predicted molar refractivity (Wildman–Crippen MR) is 83.9 cm³/mol. The zero-order chi connectivity index (χ0) is 13.8. The summed E-state index contributed by atoms with van der Waals surface area (Å²) in [6, 6.07) is 9.29. The van der Waals surface area contributed by atoms with E-state index < -0.39 is 0 Å². The summed E-state index contributed by atoms with van der Waals surface area (Å²) >= 11 is 10.9. The molecule has 1 amide bonds.